The Morgan fingerprint density at radius 3 is 2.62 bits per heavy atom. The van der Waals surface area contributed by atoms with Gasteiger partial charge in [0.05, 0.1) is 10.5 Å². The van der Waals surface area contributed by atoms with Crippen molar-refractivity contribution >= 4 is 23.0 Å². The molecule has 2 aromatic rings. The maximum atomic E-state index is 11.3. The fourth-order valence-electron chi connectivity index (χ4n) is 2.43. The number of para-hydroxylation sites is 1. The molecule has 1 aromatic carbocycles. The van der Waals surface area contributed by atoms with Gasteiger partial charge < -0.3 is 5.11 Å². The number of rotatable bonds is 8. The first-order valence-electron chi connectivity index (χ1n) is 7.67. The zero-order valence-corrected chi connectivity index (χ0v) is 14.4. The molecule has 0 bridgehead atoms. The van der Waals surface area contributed by atoms with Crippen LogP contribution in [0.2, 0.25) is 0 Å². The molecular formula is C17H20N2O4S. The first-order valence-corrected chi connectivity index (χ1v) is 8.48. The lowest BCUT2D eigenvalue weighted by molar-refractivity contribution is -0.384. The summed E-state index contributed by atoms with van der Waals surface area (Å²) in [5.41, 5.74) is 0.651. The summed E-state index contributed by atoms with van der Waals surface area (Å²) in [6.45, 7) is 4.39. The van der Waals surface area contributed by atoms with Crippen molar-refractivity contribution in [2.24, 2.45) is 5.92 Å². The Labute approximate surface area is 144 Å². The highest BCUT2D eigenvalue weighted by atomic mass is 32.1. The number of aliphatic carboxylic acids is 1. The standard InChI is InChI=1S/C17H20N2O4S/c1-11(2)9-14(17(20)21)18-10-12-7-8-16(24-12)13-5-3-4-6-15(13)19(22)23/h3-8,11,14,18H,9-10H2,1-2H3,(H,20,21). The van der Waals surface area contributed by atoms with Crippen molar-refractivity contribution in [3.05, 3.63) is 51.4 Å². The number of carboxylic acid groups (broad SMARTS) is 1. The molecule has 0 saturated carbocycles. The van der Waals surface area contributed by atoms with Gasteiger partial charge in [-0.05, 0) is 30.5 Å². The second kappa shape index (κ2) is 8.03. The van der Waals surface area contributed by atoms with Crippen LogP contribution in [-0.4, -0.2) is 22.0 Å². The van der Waals surface area contributed by atoms with Crippen LogP contribution in [0.3, 0.4) is 0 Å². The van der Waals surface area contributed by atoms with E-state index >= 15 is 0 Å². The van der Waals surface area contributed by atoms with Crippen LogP contribution in [0, 0.1) is 16.0 Å². The van der Waals surface area contributed by atoms with E-state index in [1.165, 1.54) is 17.4 Å². The van der Waals surface area contributed by atoms with Crippen molar-refractivity contribution in [3.8, 4) is 10.4 Å². The van der Waals surface area contributed by atoms with Gasteiger partial charge in [0.1, 0.15) is 6.04 Å². The summed E-state index contributed by atoms with van der Waals surface area (Å²) in [7, 11) is 0. The van der Waals surface area contributed by atoms with Crippen LogP contribution in [0.1, 0.15) is 25.1 Å². The monoisotopic (exact) mass is 348 g/mol. The van der Waals surface area contributed by atoms with E-state index in [1.54, 1.807) is 18.2 Å². The zero-order chi connectivity index (χ0) is 17.7. The molecule has 7 heteroatoms. The molecule has 0 spiro atoms. The Morgan fingerprint density at radius 2 is 2.00 bits per heavy atom. The molecule has 0 aliphatic carbocycles. The summed E-state index contributed by atoms with van der Waals surface area (Å²) in [6.07, 6.45) is 0.553. The minimum absolute atomic E-state index is 0.0714. The van der Waals surface area contributed by atoms with Gasteiger partial charge in [0.2, 0.25) is 0 Å². The second-order valence-electron chi connectivity index (χ2n) is 5.94. The zero-order valence-electron chi connectivity index (χ0n) is 13.6. The molecule has 1 heterocycles. The van der Waals surface area contributed by atoms with E-state index in [0.717, 1.165) is 9.75 Å². The summed E-state index contributed by atoms with van der Waals surface area (Å²) in [5, 5.41) is 23.4. The van der Waals surface area contributed by atoms with Crippen molar-refractivity contribution < 1.29 is 14.8 Å². The van der Waals surface area contributed by atoms with Crippen LogP contribution in [-0.2, 0) is 11.3 Å². The van der Waals surface area contributed by atoms with E-state index in [0.29, 0.717) is 18.5 Å². The average Bonchev–Trinajstić information content (AvgIpc) is 2.99. The SMILES string of the molecule is CC(C)CC(NCc1ccc(-c2ccccc2[N+](=O)[O-])s1)C(=O)O. The molecule has 0 aliphatic heterocycles. The molecule has 1 atom stereocenters. The molecule has 6 nitrogen and oxygen atoms in total. The van der Waals surface area contributed by atoms with Gasteiger partial charge in [-0.25, -0.2) is 0 Å². The quantitative estimate of drug-likeness (QED) is 0.557. The van der Waals surface area contributed by atoms with Crippen LogP contribution >= 0.6 is 11.3 Å². The van der Waals surface area contributed by atoms with Crippen LogP contribution in [0.4, 0.5) is 5.69 Å². The summed E-state index contributed by atoms with van der Waals surface area (Å²) in [6, 6.07) is 9.72. The predicted molar refractivity (Wildman–Crippen MR) is 94.1 cm³/mol. The fourth-order valence-corrected chi connectivity index (χ4v) is 3.42. The number of carbonyl (C=O) groups is 1. The lowest BCUT2D eigenvalue weighted by atomic mass is 10.0. The molecule has 2 N–H and O–H groups in total. The second-order valence-corrected chi connectivity index (χ2v) is 7.11. The molecule has 1 unspecified atom stereocenters. The van der Waals surface area contributed by atoms with Gasteiger partial charge in [-0.2, -0.15) is 0 Å². The van der Waals surface area contributed by atoms with Crippen LogP contribution in [0.5, 0.6) is 0 Å². The lowest BCUT2D eigenvalue weighted by Crippen LogP contribution is -2.37. The highest BCUT2D eigenvalue weighted by molar-refractivity contribution is 7.15. The van der Waals surface area contributed by atoms with Crippen molar-refractivity contribution in [2.75, 3.05) is 0 Å². The van der Waals surface area contributed by atoms with Gasteiger partial charge in [-0.15, -0.1) is 11.3 Å². The molecule has 0 aliphatic rings. The maximum absolute atomic E-state index is 11.3. The Bertz CT molecular complexity index is 727. The molecule has 24 heavy (non-hydrogen) atoms. The Hall–Kier alpha value is -2.25. The predicted octanol–water partition coefficient (Wildman–Crippen LogP) is 3.91. The molecular weight excluding hydrogens is 328 g/mol. The maximum Gasteiger partial charge on any atom is 0.320 e. The number of nitro groups is 1. The Balaban J connectivity index is 2.11. The first-order chi connectivity index (χ1) is 11.4. The average molecular weight is 348 g/mol. The third-order valence-electron chi connectivity index (χ3n) is 3.56. The molecule has 2 rings (SSSR count). The topological polar surface area (TPSA) is 92.5 Å². The van der Waals surface area contributed by atoms with E-state index in [-0.39, 0.29) is 11.6 Å². The number of nitrogens with one attached hydrogen (secondary N) is 1. The summed E-state index contributed by atoms with van der Waals surface area (Å²) in [5.74, 6) is -0.580. The Kier molecular flexibility index (Phi) is 6.05. The van der Waals surface area contributed by atoms with Gasteiger partial charge in [0.15, 0.2) is 0 Å². The number of hydrogen-bond donors (Lipinski definition) is 2. The highest BCUT2D eigenvalue weighted by Crippen LogP contribution is 2.34. The minimum Gasteiger partial charge on any atom is -0.480 e. The van der Waals surface area contributed by atoms with E-state index in [4.69, 9.17) is 0 Å². The fraction of sp³-hybridized carbons (Fsp3) is 0.353. The lowest BCUT2D eigenvalue weighted by Gasteiger charge is -2.15. The van der Waals surface area contributed by atoms with E-state index in [1.807, 2.05) is 26.0 Å². The molecule has 128 valence electrons. The molecule has 0 radical (unpaired) electrons. The number of nitro benzene ring substituents is 1. The molecule has 0 saturated heterocycles. The Morgan fingerprint density at radius 1 is 1.29 bits per heavy atom. The number of thiophene rings is 1. The molecule has 0 fully saturated rings. The van der Waals surface area contributed by atoms with Crippen molar-refractivity contribution in [1.29, 1.82) is 0 Å². The van der Waals surface area contributed by atoms with Gasteiger partial charge in [0.25, 0.3) is 5.69 Å². The van der Waals surface area contributed by atoms with E-state index in [9.17, 15) is 20.0 Å². The van der Waals surface area contributed by atoms with Gasteiger partial charge in [-0.1, -0.05) is 26.0 Å². The van der Waals surface area contributed by atoms with Crippen molar-refractivity contribution in [3.63, 3.8) is 0 Å². The summed E-state index contributed by atoms with van der Waals surface area (Å²) in [4.78, 5) is 23.7. The van der Waals surface area contributed by atoms with Crippen LogP contribution in [0.15, 0.2) is 36.4 Å². The summed E-state index contributed by atoms with van der Waals surface area (Å²) < 4.78 is 0. The minimum atomic E-state index is -0.862. The van der Waals surface area contributed by atoms with E-state index in [2.05, 4.69) is 5.32 Å². The van der Waals surface area contributed by atoms with Gasteiger partial charge in [0, 0.05) is 22.4 Å². The normalized spacial score (nSPS) is 12.3. The van der Waals surface area contributed by atoms with Gasteiger partial charge in [-0.3, -0.25) is 20.2 Å². The number of hydrogen-bond acceptors (Lipinski definition) is 5. The largest absolute Gasteiger partial charge is 0.480 e. The number of benzene rings is 1. The molecule has 1 aromatic heterocycles. The third-order valence-corrected chi connectivity index (χ3v) is 4.67. The van der Waals surface area contributed by atoms with E-state index < -0.39 is 16.9 Å². The number of nitrogens with zero attached hydrogens (tertiary/aromatic N) is 1. The van der Waals surface area contributed by atoms with Crippen molar-refractivity contribution in [2.45, 2.75) is 32.9 Å². The highest BCUT2D eigenvalue weighted by Gasteiger charge is 2.19. The number of carboxylic acids is 1. The van der Waals surface area contributed by atoms with Crippen LogP contribution < -0.4 is 5.32 Å². The summed E-state index contributed by atoms with van der Waals surface area (Å²) >= 11 is 1.43. The van der Waals surface area contributed by atoms with Crippen LogP contribution in [0.25, 0.3) is 10.4 Å². The smallest absolute Gasteiger partial charge is 0.320 e. The first kappa shape index (κ1) is 18.1. The third kappa shape index (κ3) is 4.62. The van der Waals surface area contributed by atoms with Crippen molar-refractivity contribution in [1.82, 2.24) is 5.32 Å². The molecule has 0 amide bonds. The van der Waals surface area contributed by atoms with Gasteiger partial charge >= 0.3 is 5.97 Å².